The molecule has 0 amide bonds. The van der Waals surface area contributed by atoms with Crippen molar-refractivity contribution in [3.8, 4) is 11.5 Å². The van der Waals surface area contributed by atoms with E-state index < -0.39 is 19.7 Å². The lowest BCUT2D eigenvalue weighted by atomic mass is 10.2. The Morgan fingerprint density at radius 1 is 1.15 bits per heavy atom. The predicted molar refractivity (Wildman–Crippen MR) is 105 cm³/mol. The highest BCUT2D eigenvalue weighted by molar-refractivity contribution is 6.76. The first kappa shape index (κ1) is 19.3. The molecule has 0 aliphatic heterocycles. The monoisotopic (exact) mass is 391 g/mol. The predicted octanol–water partition coefficient (Wildman–Crippen LogP) is 5.00. The van der Waals surface area contributed by atoms with E-state index in [9.17, 15) is 8.78 Å². The molecule has 3 aromatic rings. The van der Waals surface area contributed by atoms with Gasteiger partial charge in [-0.2, -0.15) is 0 Å². The van der Waals surface area contributed by atoms with E-state index in [4.69, 9.17) is 15.2 Å². The number of halogens is 2. The summed E-state index contributed by atoms with van der Waals surface area (Å²) in [5.74, 6) is -1.51. The van der Waals surface area contributed by atoms with E-state index in [1.165, 1.54) is 12.1 Å². The zero-order valence-electron chi connectivity index (χ0n) is 15.6. The van der Waals surface area contributed by atoms with Gasteiger partial charge in [0.1, 0.15) is 12.4 Å². The number of nitrogens with two attached hydrogens (primary N) is 1. The first-order valence-corrected chi connectivity index (χ1v) is 12.4. The van der Waals surface area contributed by atoms with Crippen molar-refractivity contribution in [2.24, 2.45) is 0 Å². The summed E-state index contributed by atoms with van der Waals surface area (Å²) in [5, 5.41) is 0.444. The van der Waals surface area contributed by atoms with Crippen molar-refractivity contribution in [2.45, 2.75) is 32.4 Å². The summed E-state index contributed by atoms with van der Waals surface area (Å²) in [5.41, 5.74) is 6.31. The topological polar surface area (TPSA) is 62.3 Å². The van der Waals surface area contributed by atoms with Crippen LogP contribution in [-0.2, 0) is 11.5 Å². The molecular formula is C19H23F2N3O2Si. The molecule has 0 radical (unpaired) electrons. The molecule has 0 aliphatic carbocycles. The Balaban J connectivity index is 1.82. The fraction of sp³-hybridized carbons (Fsp3) is 0.316. The van der Waals surface area contributed by atoms with E-state index in [2.05, 4.69) is 24.6 Å². The van der Waals surface area contributed by atoms with E-state index in [1.54, 1.807) is 16.8 Å². The van der Waals surface area contributed by atoms with Crippen LogP contribution in [-0.4, -0.2) is 24.2 Å². The van der Waals surface area contributed by atoms with Gasteiger partial charge in [0.15, 0.2) is 23.1 Å². The average Bonchev–Trinajstić information content (AvgIpc) is 2.98. The summed E-state index contributed by atoms with van der Waals surface area (Å²) in [6, 6.07) is 6.72. The van der Waals surface area contributed by atoms with Crippen molar-refractivity contribution >= 4 is 24.8 Å². The van der Waals surface area contributed by atoms with Crippen molar-refractivity contribution in [3.63, 3.8) is 0 Å². The van der Waals surface area contributed by atoms with Crippen LogP contribution in [0.5, 0.6) is 11.5 Å². The fourth-order valence-electron chi connectivity index (χ4n) is 2.55. The molecule has 0 bridgehead atoms. The fourth-order valence-corrected chi connectivity index (χ4v) is 3.31. The summed E-state index contributed by atoms with van der Waals surface area (Å²) in [7, 11) is -1.17. The van der Waals surface area contributed by atoms with E-state index in [1.807, 2.05) is 0 Å². The average molecular weight is 391 g/mol. The van der Waals surface area contributed by atoms with Crippen LogP contribution >= 0.6 is 0 Å². The minimum absolute atomic E-state index is 0.0791. The first-order chi connectivity index (χ1) is 12.7. The Morgan fingerprint density at radius 2 is 1.93 bits per heavy atom. The van der Waals surface area contributed by atoms with Gasteiger partial charge in [-0.05, 0) is 24.2 Å². The van der Waals surface area contributed by atoms with Crippen LogP contribution in [0.15, 0.2) is 36.7 Å². The van der Waals surface area contributed by atoms with Gasteiger partial charge in [0.2, 0.25) is 0 Å². The van der Waals surface area contributed by atoms with Crippen LogP contribution in [0, 0.1) is 11.6 Å². The first-order valence-electron chi connectivity index (χ1n) is 8.68. The van der Waals surface area contributed by atoms with Crippen molar-refractivity contribution in [1.29, 1.82) is 0 Å². The molecule has 5 nitrogen and oxygen atoms in total. The highest BCUT2D eigenvalue weighted by Gasteiger charge is 2.17. The lowest BCUT2D eigenvalue weighted by molar-refractivity contribution is 0.0898. The number of nitrogen functional groups attached to an aromatic ring is 1. The summed E-state index contributed by atoms with van der Waals surface area (Å²) >= 11 is 0. The molecular weight excluding hydrogens is 368 g/mol. The molecule has 1 aromatic carbocycles. The van der Waals surface area contributed by atoms with Gasteiger partial charge in [0.05, 0.1) is 11.6 Å². The Kier molecular flexibility index (Phi) is 5.47. The molecule has 144 valence electrons. The third-order valence-electron chi connectivity index (χ3n) is 4.09. The molecule has 0 aliphatic rings. The number of aromatic nitrogens is 2. The minimum Gasteiger partial charge on any atom is -0.450 e. The van der Waals surface area contributed by atoms with E-state index in [0.29, 0.717) is 24.4 Å². The normalized spacial score (nSPS) is 11.9. The van der Waals surface area contributed by atoms with Crippen molar-refractivity contribution in [2.75, 3.05) is 12.3 Å². The van der Waals surface area contributed by atoms with Gasteiger partial charge in [-0.1, -0.05) is 19.6 Å². The number of hydrogen-bond acceptors (Lipinski definition) is 4. The smallest absolute Gasteiger partial charge is 0.184 e. The SMILES string of the molecule is C[Si](C)(C)CCOCn1ccc2c(Oc3ccc(N)cc3F)c(F)cnc21. The largest absolute Gasteiger partial charge is 0.450 e. The van der Waals surface area contributed by atoms with Crippen molar-refractivity contribution < 1.29 is 18.3 Å². The van der Waals surface area contributed by atoms with E-state index in [-0.39, 0.29) is 17.2 Å². The third-order valence-corrected chi connectivity index (χ3v) is 5.79. The number of ether oxygens (including phenoxy) is 2. The molecule has 2 N–H and O–H groups in total. The number of benzene rings is 1. The highest BCUT2D eigenvalue weighted by atomic mass is 28.3. The Bertz CT molecular complexity index is 954. The molecule has 0 unspecified atom stereocenters. The van der Waals surface area contributed by atoms with Gasteiger partial charge in [-0.25, -0.2) is 13.8 Å². The number of pyridine rings is 1. The molecule has 27 heavy (non-hydrogen) atoms. The van der Waals surface area contributed by atoms with Crippen molar-refractivity contribution in [1.82, 2.24) is 9.55 Å². The van der Waals surface area contributed by atoms with E-state index >= 15 is 0 Å². The number of rotatable bonds is 7. The number of hydrogen-bond donors (Lipinski definition) is 1. The second-order valence-electron chi connectivity index (χ2n) is 7.60. The molecule has 0 saturated heterocycles. The van der Waals surface area contributed by atoms with Crippen LogP contribution in [0.4, 0.5) is 14.5 Å². The minimum atomic E-state index is -1.17. The zero-order valence-corrected chi connectivity index (χ0v) is 16.6. The number of fused-ring (bicyclic) bond motifs is 1. The number of anilines is 1. The summed E-state index contributed by atoms with van der Waals surface area (Å²) in [4.78, 5) is 4.13. The Hall–Kier alpha value is -2.45. The Labute approximate surface area is 157 Å². The summed E-state index contributed by atoms with van der Waals surface area (Å²) < 4.78 is 41.3. The maximum absolute atomic E-state index is 14.3. The second kappa shape index (κ2) is 7.65. The van der Waals surface area contributed by atoms with Gasteiger partial charge in [-0.15, -0.1) is 0 Å². The molecule has 3 rings (SSSR count). The van der Waals surface area contributed by atoms with Gasteiger partial charge < -0.3 is 19.8 Å². The quantitative estimate of drug-likeness (QED) is 0.350. The van der Waals surface area contributed by atoms with Gasteiger partial charge in [0, 0.05) is 32.6 Å². The van der Waals surface area contributed by atoms with Crippen LogP contribution in [0.3, 0.4) is 0 Å². The summed E-state index contributed by atoms with van der Waals surface area (Å²) in [6.07, 6.45) is 2.81. The van der Waals surface area contributed by atoms with Gasteiger partial charge in [-0.3, -0.25) is 0 Å². The van der Waals surface area contributed by atoms with E-state index in [0.717, 1.165) is 18.3 Å². The lowest BCUT2D eigenvalue weighted by Gasteiger charge is -2.15. The zero-order chi connectivity index (χ0) is 19.6. The van der Waals surface area contributed by atoms with Crippen LogP contribution in [0.1, 0.15) is 0 Å². The van der Waals surface area contributed by atoms with Crippen LogP contribution in [0.2, 0.25) is 25.7 Å². The molecule has 0 fully saturated rings. The number of nitrogens with zero attached hydrogens (tertiary/aromatic N) is 2. The highest BCUT2D eigenvalue weighted by Crippen LogP contribution is 2.33. The molecule has 2 heterocycles. The van der Waals surface area contributed by atoms with Gasteiger partial charge in [0.25, 0.3) is 0 Å². The summed E-state index contributed by atoms with van der Waals surface area (Å²) in [6.45, 7) is 7.82. The lowest BCUT2D eigenvalue weighted by Crippen LogP contribution is -2.22. The maximum atomic E-state index is 14.3. The Morgan fingerprint density at radius 3 is 2.63 bits per heavy atom. The molecule has 0 atom stereocenters. The standard InChI is InChI=1S/C19H23F2N3O2Si/c1-27(2,3)9-8-25-12-24-7-6-14-18(16(21)11-23-19(14)24)26-17-5-4-13(22)10-15(17)20/h4-7,10-11H,8-9,12,22H2,1-3H3. The molecule has 2 aromatic heterocycles. The molecule has 8 heteroatoms. The molecule has 0 saturated carbocycles. The van der Waals surface area contributed by atoms with Crippen LogP contribution in [0.25, 0.3) is 11.0 Å². The van der Waals surface area contributed by atoms with Crippen molar-refractivity contribution in [3.05, 3.63) is 48.3 Å². The third kappa shape index (κ3) is 4.64. The van der Waals surface area contributed by atoms with Crippen LogP contribution < -0.4 is 10.5 Å². The molecule has 0 spiro atoms. The maximum Gasteiger partial charge on any atom is 0.184 e. The van der Waals surface area contributed by atoms with Gasteiger partial charge >= 0.3 is 0 Å². The second-order valence-corrected chi connectivity index (χ2v) is 13.2.